The highest BCUT2D eigenvalue weighted by molar-refractivity contribution is 7.91. The third-order valence-corrected chi connectivity index (χ3v) is 4.41. The van der Waals surface area contributed by atoms with Crippen molar-refractivity contribution in [2.24, 2.45) is 0 Å². The molecule has 19 heavy (non-hydrogen) atoms. The Bertz CT molecular complexity index is 630. The van der Waals surface area contributed by atoms with Crippen molar-refractivity contribution >= 4 is 15.7 Å². The van der Waals surface area contributed by atoms with E-state index in [0.717, 1.165) is 0 Å². The van der Waals surface area contributed by atoms with E-state index in [0.29, 0.717) is 6.42 Å². The molecule has 6 nitrogen and oxygen atoms in total. The Morgan fingerprint density at radius 1 is 1.47 bits per heavy atom. The summed E-state index contributed by atoms with van der Waals surface area (Å²) in [5.74, 6) is -0.588. The minimum absolute atomic E-state index is 0.00926. The second-order valence-corrected chi connectivity index (χ2v) is 6.21. The zero-order chi connectivity index (χ0) is 14.6. The van der Waals surface area contributed by atoms with Crippen molar-refractivity contribution in [3.8, 4) is 6.07 Å². The van der Waals surface area contributed by atoms with Crippen LogP contribution in [0.15, 0.2) is 17.2 Å². The van der Waals surface area contributed by atoms with Gasteiger partial charge in [-0.3, -0.25) is 4.79 Å². The van der Waals surface area contributed by atoms with E-state index in [1.165, 1.54) is 31.3 Å². The fourth-order valence-corrected chi connectivity index (χ4v) is 3.25. The van der Waals surface area contributed by atoms with Gasteiger partial charge in [-0.2, -0.15) is 5.26 Å². The third-order valence-electron chi connectivity index (χ3n) is 2.43. The van der Waals surface area contributed by atoms with Crippen LogP contribution in [0.25, 0.3) is 0 Å². The molecule has 0 N–H and O–H groups in total. The summed E-state index contributed by atoms with van der Waals surface area (Å²) in [5, 5.41) is 8.99. The van der Waals surface area contributed by atoms with Crippen molar-refractivity contribution in [2.75, 3.05) is 19.8 Å². The van der Waals surface area contributed by atoms with Crippen LogP contribution in [0.1, 0.15) is 29.4 Å². The van der Waals surface area contributed by atoms with Crippen molar-refractivity contribution in [1.29, 1.82) is 5.26 Å². The summed E-state index contributed by atoms with van der Waals surface area (Å²) >= 11 is 0. The molecule has 0 spiro atoms. The van der Waals surface area contributed by atoms with Crippen LogP contribution in [-0.2, 0) is 9.84 Å². The van der Waals surface area contributed by atoms with Crippen molar-refractivity contribution in [1.82, 2.24) is 9.88 Å². The van der Waals surface area contributed by atoms with E-state index < -0.39 is 15.7 Å². The molecule has 1 aromatic heterocycles. The van der Waals surface area contributed by atoms with Crippen LogP contribution in [-0.4, -0.2) is 44.1 Å². The average Bonchev–Trinajstić information content (AvgIpc) is 2.36. The number of carbonyl (C=O) groups excluding carboxylic acids is 1. The lowest BCUT2D eigenvalue weighted by Crippen LogP contribution is -2.25. The van der Waals surface area contributed by atoms with Gasteiger partial charge in [0, 0.05) is 20.3 Å². The van der Waals surface area contributed by atoms with Crippen LogP contribution >= 0.6 is 0 Å². The molecule has 0 aliphatic heterocycles. The number of sulfone groups is 1. The topological polar surface area (TPSA) is 91.1 Å². The first-order chi connectivity index (χ1) is 8.85. The maximum Gasteiger partial charge on any atom is 0.254 e. The van der Waals surface area contributed by atoms with Gasteiger partial charge in [0.2, 0.25) is 0 Å². The van der Waals surface area contributed by atoms with Crippen molar-refractivity contribution < 1.29 is 13.2 Å². The molecule has 0 fully saturated rings. The van der Waals surface area contributed by atoms with E-state index in [9.17, 15) is 13.2 Å². The van der Waals surface area contributed by atoms with Crippen LogP contribution in [0.4, 0.5) is 0 Å². The minimum Gasteiger partial charge on any atom is -0.345 e. The quantitative estimate of drug-likeness (QED) is 0.815. The summed E-state index contributed by atoms with van der Waals surface area (Å²) in [6, 6.07) is 3.06. The largest absolute Gasteiger partial charge is 0.345 e. The van der Waals surface area contributed by atoms with Crippen molar-refractivity contribution in [3.63, 3.8) is 0 Å². The summed E-state index contributed by atoms with van der Waals surface area (Å²) in [6.45, 7) is 1.72. The molecule has 0 saturated carbocycles. The molecule has 0 unspecified atom stereocenters. The van der Waals surface area contributed by atoms with Gasteiger partial charge in [-0.15, -0.1) is 0 Å². The molecule has 0 aliphatic carbocycles. The second kappa shape index (κ2) is 5.80. The number of nitriles is 1. The molecule has 7 heteroatoms. The average molecular weight is 281 g/mol. The van der Waals surface area contributed by atoms with Gasteiger partial charge in [0.1, 0.15) is 11.0 Å². The predicted molar refractivity (Wildman–Crippen MR) is 69.3 cm³/mol. The standard InChI is InChI=1S/C12H15N3O3S/c1-4-7-19(17,18)11-9(12(16)15(2)3)5-6-14-10(11)8-13/h5-6H,4,7H2,1-3H3. The summed E-state index contributed by atoms with van der Waals surface area (Å²) in [6.07, 6.45) is 1.66. The van der Waals surface area contributed by atoms with E-state index >= 15 is 0 Å². The smallest absolute Gasteiger partial charge is 0.254 e. The van der Waals surface area contributed by atoms with Crippen LogP contribution in [0.2, 0.25) is 0 Å². The first kappa shape index (κ1) is 15.1. The SMILES string of the molecule is CCCS(=O)(=O)c1c(C(=O)N(C)C)ccnc1C#N. The minimum atomic E-state index is -3.69. The molecule has 1 rings (SSSR count). The lowest BCUT2D eigenvalue weighted by molar-refractivity contribution is 0.0823. The van der Waals surface area contributed by atoms with Crippen LogP contribution < -0.4 is 0 Å². The first-order valence-corrected chi connectivity index (χ1v) is 7.34. The monoisotopic (exact) mass is 281 g/mol. The van der Waals surface area contributed by atoms with Gasteiger partial charge in [-0.05, 0) is 12.5 Å². The maximum atomic E-state index is 12.2. The Hall–Kier alpha value is -1.94. The van der Waals surface area contributed by atoms with Gasteiger partial charge in [0.25, 0.3) is 5.91 Å². The van der Waals surface area contributed by atoms with Crippen molar-refractivity contribution in [3.05, 3.63) is 23.5 Å². The highest BCUT2D eigenvalue weighted by Gasteiger charge is 2.27. The van der Waals surface area contributed by atoms with Crippen LogP contribution in [0.5, 0.6) is 0 Å². The number of pyridine rings is 1. The van der Waals surface area contributed by atoms with Gasteiger partial charge < -0.3 is 4.90 Å². The highest BCUT2D eigenvalue weighted by atomic mass is 32.2. The molecule has 1 aromatic rings. The zero-order valence-electron chi connectivity index (χ0n) is 11.0. The lowest BCUT2D eigenvalue weighted by Gasteiger charge is -2.14. The summed E-state index contributed by atoms with van der Waals surface area (Å²) < 4.78 is 24.4. The highest BCUT2D eigenvalue weighted by Crippen LogP contribution is 2.21. The number of hydrogen-bond donors (Lipinski definition) is 0. The number of amides is 1. The number of aromatic nitrogens is 1. The summed E-state index contributed by atoms with van der Waals surface area (Å²) in [4.78, 5) is 16.7. The molecule has 0 aromatic carbocycles. The summed E-state index contributed by atoms with van der Waals surface area (Å²) in [7, 11) is -0.657. The fourth-order valence-electron chi connectivity index (χ4n) is 1.62. The van der Waals surface area contributed by atoms with E-state index in [1.807, 2.05) is 0 Å². The molecular weight excluding hydrogens is 266 g/mol. The predicted octanol–water partition coefficient (Wildman–Crippen LogP) is 0.839. The molecule has 102 valence electrons. The van der Waals surface area contributed by atoms with Crippen LogP contribution in [0, 0.1) is 11.3 Å². The first-order valence-electron chi connectivity index (χ1n) is 5.68. The number of nitrogens with zero attached hydrogens (tertiary/aromatic N) is 3. The lowest BCUT2D eigenvalue weighted by atomic mass is 10.2. The number of hydrogen-bond acceptors (Lipinski definition) is 5. The van der Waals surface area contributed by atoms with Gasteiger partial charge >= 0.3 is 0 Å². The Labute approximate surface area is 112 Å². The molecule has 0 aliphatic rings. The van der Waals surface area contributed by atoms with E-state index in [4.69, 9.17) is 5.26 Å². The molecule has 0 saturated heterocycles. The Morgan fingerprint density at radius 3 is 2.58 bits per heavy atom. The Kier molecular flexibility index (Phi) is 4.62. The molecule has 0 bridgehead atoms. The molecule has 0 radical (unpaired) electrons. The fraction of sp³-hybridized carbons (Fsp3) is 0.417. The van der Waals surface area contributed by atoms with Crippen LogP contribution in [0.3, 0.4) is 0 Å². The maximum absolute atomic E-state index is 12.2. The number of rotatable bonds is 4. The zero-order valence-corrected chi connectivity index (χ0v) is 11.9. The molecule has 1 amide bonds. The van der Waals surface area contributed by atoms with Gasteiger partial charge in [0.05, 0.1) is 11.3 Å². The third kappa shape index (κ3) is 3.09. The van der Waals surface area contributed by atoms with Gasteiger partial charge in [-0.1, -0.05) is 6.92 Å². The normalized spacial score (nSPS) is 10.8. The van der Waals surface area contributed by atoms with Crippen molar-refractivity contribution in [2.45, 2.75) is 18.2 Å². The van der Waals surface area contributed by atoms with Gasteiger partial charge in [-0.25, -0.2) is 13.4 Å². The Morgan fingerprint density at radius 2 is 2.11 bits per heavy atom. The molecule has 0 atom stereocenters. The molecule has 1 heterocycles. The molecular formula is C12H15N3O3S. The number of carbonyl (C=O) groups is 1. The summed E-state index contributed by atoms with van der Waals surface area (Å²) in [5.41, 5.74) is -0.244. The second-order valence-electron chi connectivity index (χ2n) is 4.17. The van der Waals surface area contributed by atoms with E-state index in [1.54, 1.807) is 13.0 Å². The van der Waals surface area contributed by atoms with E-state index in [-0.39, 0.29) is 21.9 Å². The Balaban J connectivity index is 3.60. The van der Waals surface area contributed by atoms with Gasteiger partial charge in [0.15, 0.2) is 15.5 Å². The van der Waals surface area contributed by atoms with E-state index in [2.05, 4.69) is 4.98 Å².